The normalized spacial score (nSPS) is 19.1. The molecule has 11 nitrogen and oxygen atoms in total. The fourth-order valence-corrected chi connectivity index (χ4v) is 10.2. The molecular formula is C71H125NO10. The second-order valence-electron chi connectivity index (χ2n) is 23.2. The fourth-order valence-electron chi connectivity index (χ4n) is 10.2. The van der Waals surface area contributed by atoms with Gasteiger partial charge in [-0.15, -0.1) is 0 Å². The van der Waals surface area contributed by atoms with E-state index in [2.05, 4.69) is 99.0 Å². The van der Waals surface area contributed by atoms with Gasteiger partial charge in [0.25, 0.3) is 0 Å². The van der Waals surface area contributed by atoms with E-state index in [1.807, 2.05) is 6.08 Å². The van der Waals surface area contributed by atoms with Crippen LogP contribution in [0.2, 0.25) is 0 Å². The van der Waals surface area contributed by atoms with E-state index >= 15 is 0 Å². The van der Waals surface area contributed by atoms with E-state index in [4.69, 9.17) is 14.2 Å². The van der Waals surface area contributed by atoms with E-state index in [-0.39, 0.29) is 19.4 Å². The van der Waals surface area contributed by atoms with Gasteiger partial charge in [-0.2, -0.15) is 0 Å². The number of ether oxygens (including phenoxy) is 3. The second kappa shape index (κ2) is 58.2. The third-order valence-corrected chi connectivity index (χ3v) is 15.5. The summed E-state index contributed by atoms with van der Waals surface area (Å²) in [6.45, 7) is 5.67. The molecular weight excluding hydrogens is 1030 g/mol. The van der Waals surface area contributed by atoms with Gasteiger partial charge in [-0.1, -0.05) is 273 Å². The molecule has 0 aliphatic carbocycles. The van der Waals surface area contributed by atoms with Crippen molar-refractivity contribution in [3.05, 3.63) is 85.1 Å². The van der Waals surface area contributed by atoms with Crippen LogP contribution in [-0.4, -0.2) is 99.6 Å². The Bertz CT molecular complexity index is 1660. The highest BCUT2D eigenvalue weighted by Gasteiger charge is 2.47. The van der Waals surface area contributed by atoms with Crippen LogP contribution in [0.5, 0.6) is 0 Å². The predicted octanol–water partition coefficient (Wildman–Crippen LogP) is 16.9. The van der Waals surface area contributed by atoms with Crippen LogP contribution < -0.4 is 5.32 Å². The lowest BCUT2D eigenvalue weighted by Crippen LogP contribution is -2.61. The van der Waals surface area contributed by atoms with Crippen LogP contribution in [0.3, 0.4) is 0 Å². The minimum absolute atomic E-state index is 0.117. The average molecular weight is 1150 g/mol. The molecule has 0 aromatic carbocycles. The molecule has 0 bridgehead atoms. The summed E-state index contributed by atoms with van der Waals surface area (Å²) in [5, 5.41) is 57.1. The van der Waals surface area contributed by atoms with Crippen LogP contribution in [0, 0.1) is 0 Å². The third kappa shape index (κ3) is 45.2. The highest BCUT2D eigenvalue weighted by Crippen LogP contribution is 2.26. The molecule has 0 aromatic heterocycles. The first-order valence-corrected chi connectivity index (χ1v) is 33.9. The molecule has 82 heavy (non-hydrogen) atoms. The number of nitrogens with one attached hydrogen (secondary N) is 1. The monoisotopic (exact) mass is 1150 g/mol. The number of hydrogen-bond acceptors (Lipinski definition) is 10. The Morgan fingerprint density at radius 1 is 0.488 bits per heavy atom. The molecule has 8 unspecified atom stereocenters. The molecule has 11 heteroatoms. The lowest BCUT2D eigenvalue weighted by Gasteiger charge is -2.41. The van der Waals surface area contributed by atoms with E-state index in [0.717, 1.165) is 109 Å². The summed E-state index contributed by atoms with van der Waals surface area (Å²) in [6.07, 6.45) is 66.2. The zero-order chi connectivity index (χ0) is 59.6. The Labute approximate surface area is 502 Å². The number of rotatable bonds is 57. The topological polar surface area (TPSA) is 175 Å². The maximum Gasteiger partial charge on any atom is 0.306 e. The first-order valence-electron chi connectivity index (χ1n) is 33.9. The van der Waals surface area contributed by atoms with Gasteiger partial charge in [-0.25, -0.2) is 0 Å². The van der Waals surface area contributed by atoms with Crippen molar-refractivity contribution in [3.8, 4) is 0 Å². The molecule has 1 saturated heterocycles. The summed E-state index contributed by atoms with van der Waals surface area (Å²) in [5.41, 5.74) is 0. The van der Waals surface area contributed by atoms with Gasteiger partial charge in [0.15, 0.2) is 12.4 Å². The summed E-state index contributed by atoms with van der Waals surface area (Å²) in [7, 11) is 0. The number of aliphatic hydroxyl groups excluding tert-OH is 5. The van der Waals surface area contributed by atoms with Crippen molar-refractivity contribution in [3.63, 3.8) is 0 Å². The van der Waals surface area contributed by atoms with Crippen molar-refractivity contribution in [1.29, 1.82) is 0 Å². The molecule has 1 amide bonds. The van der Waals surface area contributed by atoms with Gasteiger partial charge in [-0.05, 0) is 96.3 Å². The van der Waals surface area contributed by atoms with Gasteiger partial charge in [0, 0.05) is 6.42 Å². The quantitative estimate of drug-likeness (QED) is 0.0195. The van der Waals surface area contributed by atoms with Crippen LogP contribution >= 0.6 is 0 Å². The number of unbranched alkanes of at least 4 members (excludes halogenated alkanes) is 31. The smallest absolute Gasteiger partial charge is 0.306 e. The van der Waals surface area contributed by atoms with E-state index in [1.165, 1.54) is 135 Å². The molecule has 1 heterocycles. The summed E-state index contributed by atoms with van der Waals surface area (Å²) < 4.78 is 17.6. The van der Waals surface area contributed by atoms with Crippen LogP contribution in [-0.2, 0) is 23.8 Å². The number of allylic oxidation sites excluding steroid dienone is 13. The minimum Gasteiger partial charge on any atom is -0.454 e. The van der Waals surface area contributed by atoms with Gasteiger partial charge < -0.3 is 45.1 Å². The highest BCUT2D eigenvalue weighted by atomic mass is 16.7. The molecule has 6 N–H and O–H groups in total. The molecule has 474 valence electrons. The standard InChI is InChI=1S/C71H125NO10/c1-4-7-10-13-16-19-22-25-27-28-29-30-31-32-33-34-35-36-37-39-40-43-46-49-52-55-58-64(75)70(79)72-62(63(74)57-54-51-48-45-42-24-21-18-15-12-9-6-3)61-80-71-69(68(78)67(77)65(60-73)81-71)82-66(76)59-56-53-50-47-44-41-38-26-23-20-17-14-11-8-5-2/h7,10,16,19-20,23,25,27,29-30,32-33,54,57,62-65,67-69,71,73-75,77-78H,4-6,8-9,11-15,17-18,21-22,24,26,28,31,34-53,55-56,58-61H2,1-3H3,(H,72,79)/b10-7-,19-16-,23-20-,27-25-,30-29-,33-32-,57-54+. The molecule has 1 fully saturated rings. The van der Waals surface area contributed by atoms with Crippen LogP contribution in [0.15, 0.2) is 85.1 Å². The fraction of sp³-hybridized carbons (Fsp3) is 0.775. The first kappa shape index (κ1) is 76.9. The van der Waals surface area contributed by atoms with Crippen molar-refractivity contribution in [2.45, 2.75) is 339 Å². The maximum absolute atomic E-state index is 13.5. The lowest BCUT2D eigenvalue weighted by molar-refractivity contribution is -0.305. The average Bonchev–Trinajstić information content (AvgIpc) is 3.68. The van der Waals surface area contributed by atoms with Crippen LogP contribution in [0.1, 0.15) is 290 Å². The minimum atomic E-state index is -1.62. The van der Waals surface area contributed by atoms with E-state index in [1.54, 1.807) is 6.08 Å². The first-order chi connectivity index (χ1) is 40.2. The molecule has 1 rings (SSSR count). The summed E-state index contributed by atoms with van der Waals surface area (Å²) in [5.74, 6) is -1.20. The van der Waals surface area contributed by atoms with E-state index in [9.17, 15) is 35.1 Å². The van der Waals surface area contributed by atoms with Crippen molar-refractivity contribution < 1.29 is 49.3 Å². The van der Waals surface area contributed by atoms with Crippen molar-refractivity contribution in [2.75, 3.05) is 13.2 Å². The zero-order valence-corrected chi connectivity index (χ0v) is 52.6. The molecule has 0 spiro atoms. The Balaban J connectivity index is 2.59. The van der Waals surface area contributed by atoms with Crippen molar-refractivity contribution in [2.24, 2.45) is 0 Å². The predicted molar refractivity (Wildman–Crippen MR) is 342 cm³/mol. The number of esters is 1. The van der Waals surface area contributed by atoms with E-state index in [0.29, 0.717) is 12.8 Å². The Morgan fingerprint density at radius 3 is 1.34 bits per heavy atom. The van der Waals surface area contributed by atoms with Gasteiger partial charge in [0.1, 0.15) is 24.4 Å². The highest BCUT2D eigenvalue weighted by molar-refractivity contribution is 5.80. The van der Waals surface area contributed by atoms with Gasteiger partial charge >= 0.3 is 5.97 Å². The summed E-state index contributed by atoms with van der Waals surface area (Å²) in [6, 6.07) is -1.03. The SMILES string of the molecule is CC/C=C\C/C=C\C/C=C\C/C=C\C/C=C\CCCCCCCCCCCCC(O)C(=O)NC(COC1OC(CO)C(O)C(O)C1OC(=O)CCCCCCCCC/C=C\CCCCCC)C(O)/C=C/CCCCCCCCCCCC. The lowest BCUT2D eigenvalue weighted by atomic mass is 9.99. The molecule has 1 aliphatic rings. The molecule has 0 aromatic rings. The number of aliphatic hydroxyl groups is 5. The van der Waals surface area contributed by atoms with E-state index < -0.39 is 67.4 Å². The summed E-state index contributed by atoms with van der Waals surface area (Å²) in [4.78, 5) is 26.6. The van der Waals surface area contributed by atoms with Crippen LogP contribution in [0.25, 0.3) is 0 Å². The number of amides is 1. The van der Waals surface area contributed by atoms with Gasteiger partial charge in [0.05, 0.1) is 25.4 Å². The maximum atomic E-state index is 13.5. The number of carbonyl (C=O) groups excluding carboxylic acids is 2. The van der Waals surface area contributed by atoms with Crippen LogP contribution in [0.4, 0.5) is 0 Å². The number of hydrogen-bond donors (Lipinski definition) is 6. The molecule has 0 saturated carbocycles. The van der Waals surface area contributed by atoms with Gasteiger partial charge in [0.2, 0.25) is 5.91 Å². The summed E-state index contributed by atoms with van der Waals surface area (Å²) >= 11 is 0. The molecule has 8 atom stereocenters. The van der Waals surface area contributed by atoms with Gasteiger partial charge in [-0.3, -0.25) is 9.59 Å². The van der Waals surface area contributed by atoms with Crippen molar-refractivity contribution in [1.82, 2.24) is 5.32 Å². The number of carbonyl (C=O) groups is 2. The molecule has 1 aliphatic heterocycles. The Morgan fingerprint density at radius 2 is 0.878 bits per heavy atom. The zero-order valence-electron chi connectivity index (χ0n) is 52.6. The third-order valence-electron chi connectivity index (χ3n) is 15.5. The Hall–Kier alpha value is -3.16. The second-order valence-corrected chi connectivity index (χ2v) is 23.2. The molecule has 0 radical (unpaired) electrons. The largest absolute Gasteiger partial charge is 0.454 e. The Kier molecular flexibility index (Phi) is 54.6. The van der Waals surface area contributed by atoms with Crippen molar-refractivity contribution >= 4 is 11.9 Å².